The maximum Gasteiger partial charge on any atom is 0.228 e. The molecule has 0 radical (unpaired) electrons. The minimum atomic E-state index is 0.0450. The fraction of sp³-hybridized carbons (Fsp3) is 0.588. The highest BCUT2D eigenvalue weighted by molar-refractivity contribution is 5.81. The van der Waals surface area contributed by atoms with Gasteiger partial charge in [-0.15, -0.1) is 0 Å². The number of nitrogens with one attached hydrogen (secondary N) is 1. The molecule has 1 heterocycles. The van der Waals surface area contributed by atoms with E-state index in [0.717, 1.165) is 19.5 Å². The van der Waals surface area contributed by atoms with E-state index in [1.54, 1.807) is 0 Å². The Morgan fingerprint density at radius 3 is 2.75 bits per heavy atom. The molecule has 110 valence electrons. The van der Waals surface area contributed by atoms with Crippen molar-refractivity contribution in [3.8, 4) is 0 Å². The molecule has 0 spiro atoms. The first-order chi connectivity index (χ1) is 9.52. The van der Waals surface area contributed by atoms with Crippen LogP contribution in [0.2, 0.25) is 0 Å². The third kappa shape index (κ3) is 3.14. The van der Waals surface area contributed by atoms with E-state index in [-0.39, 0.29) is 17.9 Å². The van der Waals surface area contributed by atoms with Crippen LogP contribution in [-0.4, -0.2) is 29.9 Å². The van der Waals surface area contributed by atoms with Crippen molar-refractivity contribution in [2.24, 2.45) is 11.8 Å². The topological polar surface area (TPSA) is 32.3 Å². The Balaban J connectivity index is 2.14. The average molecular weight is 274 g/mol. The number of benzene rings is 1. The van der Waals surface area contributed by atoms with Gasteiger partial charge in [0.2, 0.25) is 5.91 Å². The van der Waals surface area contributed by atoms with E-state index in [1.165, 1.54) is 11.3 Å². The second kappa shape index (κ2) is 6.29. The summed E-state index contributed by atoms with van der Waals surface area (Å²) in [5.41, 5.74) is 2.43. The first-order valence-corrected chi connectivity index (χ1v) is 7.66. The highest BCUT2D eigenvalue weighted by atomic mass is 16.2. The molecule has 0 fully saturated rings. The lowest BCUT2D eigenvalue weighted by Crippen LogP contribution is -2.46. The molecule has 3 nitrogen and oxygen atoms in total. The van der Waals surface area contributed by atoms with Crippen molar-refractivity contribution >= 4 is 11.6 Å². The van der Waals surface area contributed by atoms with Crippen LogP contribution < -0.4 is 5.32 Å². The summed E-state index contributed by atoms with van der Waals surface area (Å²) in [7, 11) is 0. The molecular weight excluding hydrogens is 248 g/mol. The smallest absolute Gasteiger partial charge is 0.228 e. The number of para-hydroxylation sites is 1. The molecule has 2 unspecified atom stereocenters. The quantitative estimate of drug-likeness (QED) is 0.914. The van der Waals surface area contributed by atoms with Gasteiger partial charge in [0.15, 0.2) is 0 Å². The van der Waals surface area contributed by atoms with E-state index >= 15 is 0 Å². The maximum absolute atomic E-state index is 12.8. The van der Waals surface area contributed by atoms with Crippen molar-refractivity contribution < 1.29 is 4.79 Å². The predicted molar refractivity (Wildman–Crippen MR) is 83.8 cm³/mol. The van der Waals surface area contributed by atoms with Crippen molar-refractivity contribution in [3.05, 3.63) is 29.8 Å². The van der Waals surface area contributed by atoms with Crippen LogP contribution >= 0.6 is 0 Å². The molecule has 0 aliphatic carbocycles. The molecule has 2 atom stereocenters. The van der Waals surface area contributed by atoms with Gasteiger partial charge < -0.3 is 10.2 Å². The monoisotopic (exact) mass is 274 g/mol. The van der Waals surface area contributed by atoms with Gasteiger partial charge in [-0.2, -0.15) is 0 Å². The lowest BCUT2D eigenvalue weighted by Gasteiger charge is -2.35. The lowest BCUT2D eigenvalue weighted by molar-refractivity contribution is -0.136. The molecule has 2 rings (SSSR count). The standard InChI is InChI=1S/C17H26N2O/c1-5-19(11-12(2)3)17(20)15-10-14-8-6-7-9-16(14)18-13(15)4/h6-9,12-13,15,18H,5,10-11H2,1-4H3. The average Bonchev–Trinajstić information content (AvgIpc) is 2.43. The van der Waals surface area contributed by atoms with Crippen LogP contribution in [0.3, 0.4) is 0 Å². The number of anilines is 1. The van der Waals surface area contributed by atoms with Crippen molar-refractivity contribution in [2.75, 3.05) is 18.4 Å². The van der Waals surface area contributed by atoms with Gasteiger partial charge in [-0.3, -0.25) is 4.79 Å². The summed E-state index contributed by atoms with van der Waals surface area (Å²) in [5.74, 6) is 0.845. The van der Waals surface area contributed by atoms with Gasteiger partial charge in [0, 0.05) is 24.8 Å². The second-order valence-electron chi connectivity index (χ2n) is 6.17. The molecule has 1 aliphatic heterocycles. The summed E-state index contributed by atoms with van der Waals surface area (Å²) in [6, 6.07) is 8.49. The Labute approximate surface area is 122 Å². The van der Waals surface area contributed by atoms with Crippen molar-refractivity contribution in [3.63, 3.8) is 0 Å². The molecule has 1 N–H and O–H groups in total. The van der Waals surface area contributed by atoms with Crippen LogP contribution in [0, 0.1) is 11.8 Å². The van der Waals surface area contributed by atoms with E-state index in [2.05, 4.69) is 45.1 Å². The summed E-state index contributed by atoms with van der Waals surface area (Å²) in [6.07, 6.45) is 0.845. The minimum Gasteiger partial charge on any atom is -0.382 e. The van der Waals surface area contributed by atoms with E-state index in [1.807, 2.05) is 17.0 Å². The lowest BCUT2D eigenvalue weighted by atomic mass is 9.87. The van der Waals surface area contributed by atoms with E-state index < -0.39 is 0 Å². The second-order valence-corrected chi connectivity index (χ2v) is 6.17. The molecule has 20 heavy (non-hydrogen) atoms. The van der Waals surface area contributed by atoms with E-state index in [9.17, 15) is 4.79 Å². The van der Waals surface area contributed by atoms with Crippen molar-refractivity contribution in [1.29, 1.82) is 0 Å². The first-order valence-electron chi connectivity index (χ1n) is 7.66. The largest absolute Gasteiger partial charge is 0.382 e. The van der Waals surface area contributed by atoms with Crippen LogP contribution in [-0.2, 0) is 11.2 Å². The Kier molecular flexibility index (Phi) is 4.69. The van der Waals surface area contributed by atoms with Gasteiger partial charge in [-0.1, -0.05) is 32.0 Å². The van der Waals surface area contributed by atoms with E-state index in [4.69, 9.17) is 0 Å². The zero-order valence-corrected chi connectivity index (χ0v) is 13.0. The number of nitrogens with zero attached hydrogens (tertiary/aromatic N) is 1. The van der Waals surface area contributed by atoms with Gasteiger partial charge in [-0.05, 0) is 37.8 Å². The number of carbonyl (C=O) groups excluding carboxylic acids is 1. The summed E-state index contributed by atoms with van der Waals surface area (Å²) in [5, 5.41) is 3.48. The van der Waals surface area contributed by atoms with Gasteiger partial charge in [0.25, 0.3) is 0 Å². The van der Waals surface area contributed by atoms with Crippen LogP contribution in [0.5, 0.6) is 0 Å². The van der Waals surface area contributed by atoms with Gasteiger partial charge in [0.05, 0.1) is 5.92 Å². The molecular formula is C17H26N2O. The number of hydrogen-bond donors (Lipinski definition) is 1. The molecule has 0 aromatic heterocycles. The fourth-order valence-electron chi connectivity index (χ4n) is 2.95. The molecule has 0 bridgehead atoms. The Hall–Kier alpha value is -1.51. The minimum absolute atomic E-state index is 0.0450. The van der Waals surface area contributed by atoms with Gasteiger partial charge in [0.1, 0.15) is 0 Å². The number of fused-ring (bicyclic) bond motifs is 1. The zero-order chi connectivity index (χ0) is 14.7. The zero-order valence-electron chi connectivity index (χ0n) is 13.0. The van der Waals surface area contributed by atoms with Crippen molar-refractivity contribution in [1.82, 2.24) is 4.90 Å². The van der Waals surface area contributed by atoms with Crippen LogP contribution in [0.25, 0.3) is 0 Å². The molecule has 3 heteroatoms. The van der Waals surface area contributed by atoms with E-state index in [0.29, 0.717) is 5.92 Å². The number of amides is 1. The predicted octanol–water partition coefficient (Wildman–Crippen LogP) is 3.16. The Morgan fingerprint density at radius 1 is 1.40 bits per heavy atom. The van der Waals surface area contributed by atoms with Crippen LogP contribution in [0.1, 0.15) is 33.3 Å². The summed E-state index contributed by atoms with van der Waals surface area (Å²) in [4.78, 5) is 14.8. The van der Waals surface area contributed by atoms with Crippen molar-refractivity contribution in [2.45, 2.75) is 40.2 Å². The normalized spacial score (nSPS) is 21.2. The summed E-state index contributed by atoms with van der Waals surface area (Å²) < 4.78 is 0. The summed E-state index contributed by atoms with van der Waals surface area (Å²) in [6.45, 7) is 10.1. The Bertz CT molecular complexity index is 470. The highest BCUT2D eigenvalue weighted by Crippen LogP contribution is 2.29. The third-order valence-corrected chi connectivity index (χ3v) is 4.04. The van der Waals surface area contributed by atoms with Gasteiger partial charge >= 0.3 is 0 Å². The molecule has 0 saturated heterocycles. The summed E-state index contributed by atoms with van der Waals surface area (Å²) >= 11 is 0. The SMILES string of the molecule is CCN(CC(C)C)C(=O)C1Cc2ccccc2NC1C. The molecule has 0 saturated carbocycles. The molecule has 1 aromatic carbocycles. The van der Waals surface area contributed by atoms with Crippen LogP contribution in [0.15, 0.2) is 24.3 Å². The molecule has 1 aliphatic rings. The van der Waals surface area contributed by atoms with Crippen LogP contribution in [0.4, 0.5) is 5.69 Å². The Morgan fingerprint density at radius 2 is 2.10 bits per heavy atom. The molecule has 1 amide bonds. The highest BCUT2D eigenvalue weighted by Gasteiger charge is 2.32. The number of rotatable bonds is 4. The molecule has 1 aromatic rings. The third-order valence-electron chi connectivity index (χ3n) is 4.04. The number of carbonyl (C=O) groups is 1. The first kappa shape index (κ1) is 14.9. The maximum atomic E-state index is 12.8. The fourth-order valence-corrected chi connectivity index (χ4v) is 2.95. The number of hydrogen-bond acceptors (Lipinski definition) is 2. The van der Waals surface area contributed by atoms with Gasteiger partial charge in [-0.25, -0.2) is 0 Å².